The number of rotatable bonds is 5. The highest BCUT2D eigenvalue weighted by Gasteiger charge is 2.20. The van der Waals surface area contributed by atoms with E-state index in [1.807, 2.05) is 18.2 Å². The van der Waals surface area contributed by atoms with Crippen LogP contribution in [0.15, 0.2) is 73.2 Å². The van der Waals surface area contributed by atoms with Crippen molar-refractivity contribution in [1.29, 1.82) is 5.26 Å². The van der Waals surface area contributed by atoms with E-state index >= 15 is 0 Å². The number of anilines is 3. The molecule has 0 saturated carbocycles. The first-order valence-electron chi connectivity index (χ1n) is 8.78. The molecule has 29 heavy (non-hydrogen) atoms. The number of nitrogens with zero attached hydrogens (tertiary/aromatic N) is 2. The zero-order valence-electron chi connectivity index (χ0n) is 15.1. The van der Waals surface area contributed by atoms with Crippen molar-refractivity contribution < 1.29 is 9.59 Å². The number of benzene rings is 2. The molecule has 0 spiro atoms. The summed E-state index contributed by atoms with van der Waals surface area (Å²) in [6.07, 6.45) is 4.86. The Bertz CT molecular complexity index is 1240. The molecular weight excluding hydrogens is 366 g/mol. The first kappa shape index (κ1) is 17.9. The lowest BCUT2D eigenvalue weighted by atomic mass is 10.1. The molecule has 0 aliphatic rings. The number of fused-ring (bicyclic) bond motifs is 1. The molecule has 7 heteroatoms. The number of amides is 1. The van der Waals surface area contributed by atoms with E-state index in [0.29, 0.717) is 22.2 Å². The molecule has 0 unspecified atom stereocenters. The van der Waals surface area contributed by atoms with Crippen LogP contribution in [0.25, 0.3) is 10.9 Å². The Labute approximate surface area is 166 Å². The Morgan fingerprint density at radius 1 is 0.931 bits per heavy atom. The first-order valence-corrected chi connectivity index (χ1v) is 8.78. The fourth-order valence-electron chi connectivity index (χ4n) is 2.93. The standard InChI is InChI=1S/C22H15N5O2/c23-12-14-1-6-20-18(11-14)19(13-25-20)21(28)22(29)27-16-4-2-15(3-5-16)26-17-7-9-24-10-8-17/h1-11,13,25H,(H,24,26)(H,27,29). The van der Waals surface area contributed by atoms with Crippen LogP contribution < -0.4 is 10.6 Å². The van der Waals surface area contributed by atoms with Crippen LogP contribution in [0, 0.1) is 11.3 Å². The van der Waals surface area contributed by atoms with Crippen molar-refractivity contribution in [3.05, 3.63) is 84.3 Å². The highest BCUT2D eigenvalue weighted by Crippen LogP contribution is 2.22. The van der Waals surface area contributed by atoms with Crippen molar-refractivity contribution in [2.45, 2.75) is 0 Å². The van der Waals surface area contributed by atoms with Crippen molar-refractivity contribution in [3.63, 3.8) is 0 Å². The predicted molar refractivity (Wildman–Crippen MR) is 110 cm³/mol. The Morgan fingerprint density at radius 2 is 1.62 bits per heavy atom. The molecule has 4 aromatic rings. The van der Waals surface area contributed by atoms with Gasteiger partial charge in [0, 0.05) is 46.6 Å². The van der Waals surface area contributed by atoms with Crippen LogP contribution in [0.3, 0.4) is 0 Å². The number of ketones is 1. The highest BCUT2D eigenvalue weighted by atomic mass is 16.2. The van der Waals surface area contributed by atoms with Gasteiger partial charge in [-0.15, -0.1) is 0 Å². The summed E-state index contributed by atoms with van der Waals surface area (Å²) >= 11 is 0. The molecule has 0 radical (unpaired) electrons. The summed E-state index contributed by atoms with van der Waals surface area (Å²) in [5.41, 5.74) is 3.56. The van der Waals surface area contributed by atoms with Crippen LogP contribution in [-0.2, 0) is 4.79 Å². The van der Waals surface area contributed by atoms with Crippen LogP contribution in [0.2, 0.25) is 0 Å². The van der Waals surface area contributed by atoms with Gasteiger partial charge in [-0.25, -0.2) is 0 Å². The number of hydrogen-bond donors (Lipinski definition) is 3. The molecule has 3 N–H and O–H groups in total. The number of aromatic nitrogens is 2. The fourth-order valence-corrected chi connectivity index (χ4v) is 2.93. The molecule has 0 aliphatic carbocycles. The number of carbonyl (C=O) groups is 2. The van der Waals surface area contributed by atoms with E-state index in [9.17, 15) is 9.59 Å². The van der Waals surface area contributed by atoms with Crippen LogP contribution in [0.5, 0.6) is 0 Å². The van der Waals surface area contributed by atoms with Crippen LogP contribution in [0.1, 0.15) is 15.9 Å². The topological polar surface area (TPSA) is 111 Å². The summed E-state index contributed by atoms with van der Waals surface area (Å²) in [5, 5.41) is 15.4. The fraction of sp³-hybridized carbons (Fsp3) is 0. The van der Waals surface area contributed by atoms with Crippen molar-refractivity contribution >= 4 is 39.7 Å². The van der Waals surface area contributed by atoms with E-state index in [1.165, 1.54) is 6.20 Å². The van der Waals surface area contributed by atoms with Gasteiger partial charge in [0.15, 0.2) is 0 Å². The summed E-state index contributed by atoms with van der Waals surface area (Å²) in [5.74, 6) is -1.42. The second kappa shape index (κ2) is 7.66. The molecular formula is C22H15N5O2. The minimum Gasteiger partial charge on any atom is -0.360 e. The van der Waals surface area contributed by atoms with Gasteiger partial charge in [0.2, 0.25) is 0 Å². The van der Waals surface area contributed by atoms with Crippen molar-refractivity contribution in [2.24, 2.45) is 0 Å². The molecule has 1 amide bonds. The number of aromatic amines is 1. The summed E-state index contributed by atoms with van der Waals surface area (Å²) in [6.45, 7) is 0. The van der Waals surface area contributed by atoms with Gasteiger partial charge in [0.05, 0.1) is 17.2 Å². The Hall–Kier alpha value is -4.44. The zero-order valence-corrected chi connectivity index (χ0v) is 15.1. The molecule has 2 aromatic heterocycles. The van der Waals surface area contributed by atoms with Gasteiger partial charge in [-0.3, -0.25) is 14.6 Å². The second-order valence-electron chi connectivity index (χ2n) is 6.30. The Kier molecular flexibility index (Phi) is 4.74. The zero-order chi connectivity index (χ0) is 20.2. The van der Waals surface area contributed by atoms with Crippen molar-refractivity contribution in [3.8, 4) is 6.07 Å². The van der Waals surface area contributed by atoms with Crippen LogP contribution in [-0.4, -0.2) is 21.7 Å². The quantitative estimate of drug-likeness (QED) is 0.357. The Morgan fingerprint density at radius 3 is 2.34 bits per heavy atom. The smallest absolute Gasteiger partial charge is 0.296 e. The average Bonchev–Trinajstić information content (AvgIpc) is 3.18. The maximum atomic E-state index is 12.6. The molecule has 0 aliphatic heterocycles. The Balaban J connectivity index is 1.48. The average molecular weight is 381 g/mol. The maximum Gasteiger partial charge on any atom is 0.296 e. The van der Waals surface area contributed by atoms with Gasteiger partial charge in [-0.2, -0.15) is 5.26 Å². The molecule has 140 valence electrons. The molecule has 2 aromatic carbocycles. The third-order valence-corrected chi connectivity index (χ3v) is 4.37. The first-order chi connectivity index (χ1) is 14.1. The highest BCUT2D eigenvalue weighted by molar-refractivity contribution is 6.48. The number of pyridine rings is 1. The minimum absolute atomic E-state index is 0.227. The lowest BCUT2D eigenvalue weighted by Crippen LogP contribution is -2.22. The van der Waals surface area contributed by atoms with Gasteiger partial charge in [-0.1, -0.05) is 0 Å². The van der Waals surface area contributed by atoms with Gasteiger partial charge < -0.3 is 15.6 Å². The largest absolute Gasteiger partial charge is 0.360 e. The molecule has 0 saturated heterocycles. The third kappa shape index (κ3) is 3.82. The molecule has 0 atom stereocenters. The van der Waals surface area contributed by atoms with Crippen molar-refractivity contribution in [1.82, 2.24) is 9.97 Å². The van der Waals surface area contributed by atoms with E-state index in [-0.39, 0.29) is 5.56 Å². The van der Waals surface area contributed by atoms with E-state index < -0.39 is 11.7 Å². The van der Waals surface area contributed by atoms with Gasteiger partial charge in [-0.05, 0) is 54.6 Å². The molecule has 2 heterocycles. The number of nitrogens with one attached hydrogen (secondary N) is 3. The maximum absolute atomic E-state index is 12.6. The lowest BCUT2D eigenvalue weighted by Gasteiger charge is -2.08. The summed E-state index contributed by atoms with van der Waals surface area (Å²) in [6, 6.07) is 17.7. The number of hydrogen-bond acceptors (Lipinski definition) is 5. The minimum atomic E-state index is -0.747. The summed E-state index contributed by atoms with van der Waals surface area (Å²) in [7, 11) is 0. The number of H-pyrrole nitrogens is 1. The third-order valence-electron chi connectivity index (χ3n) is 4.37. The number of nitriles is 1. The monoisotopic (exact) mass is 381 g/mol. The van der Waals surface area contributed by atoms with E-state index in [2.05, 4.69) is 20.6 Å². The summed E-state index contributed by atoms with van der Waals surface area (Å²) < 4.78 is 0. The van der Waals surface area contributed by atoms with E-state index in [4.69, 9.17) is 5.26 Å². The van der Waals surface area contributed by atoms with Gasteiger partial charge in [0.25, 0.3) is 11.7 Å². The van der Waals surface area contributed by atoms with E-state index in [1.54, 1.807) is 54.9 Å². The van der Waals surface area contributed by atoms with E-state index in [0.717, 1.165) is 11.4 Å². The van der Waals surface area contributed by atoms with Gasteiger partial charge in [0.1, 0.15) is 0 Å². The normalized spacial score (nSPS) is 10.3. The molecule has 0 bridgehead atoms. The number of Topliss-reactive ketones (excluding diaryl/α,β-unsaturated/α-hetero) is 1. The lowest BCUT2D eigenvalue weighted by molar-refractivity contribution is -0.112. The molecule has 7 nitrogen and oxygen atoms in total. The SMILES string of the molecule is N#Cc1ccc2[nH]cc(C(=O)C(=O)Nc3ccc(Nc4ccncc4)cc3)c2c1. The van der Waals surface area contributed by atoms with Crippen molar-refractivity contribution in [2.75, 3.05) is 10.6 Å². The summed E-state index contributed by atoms with van der Waals surface area (Å²) in [4.78, 5) is 31.9. The van der Waals surface area contributed by atoms with Crippen LogP contribution >= 0.6 is 0 Å². The molecule has 4 rings (SSSR count). The predicted octanol–water partition coefficient (Wildman–Crippen LogP) is 4.00. The molecule has 0 fully saturated rings. The van der Waals surface area contributed by atoms with Gasteiger partial charge >= 0.3 is 0 Å². The second-order valence-corrected chi connectivity index (χ2v) is 6.30. The number of carbonyl (C=O) groups excluding carboxylic acids is 2. The van der Waals surface area contributed by atoms with Crippen LogP contribution in [0.4, 0.5) is 17.1 Å².